The van der Waals surface area contributed by atoms with Crippen LogP contribution < -0.4 is 0 Å². The first kappa shape index (κ1) is 10.6. The van der Waals surface area contributed by atoms with Crippen molar-refractivity contribution in [3.8, 4) is 0 Å². The second-order valence-electron chi connectivity index (χ2n) is 3.99. The second kappa shape index (κ2) is 4.73. The summed E-state index contributed by atoms with van der Waals surface area (Å²) < 4.78 is 18.5. The van der Waals surface area contributed by atoms with Gasteiger partial charge < -0.3 is 9.84 Å². The number of aliphatic hydroxyl groups excluding tert-OH is 1. The molecule has 0 aliphatic carbocycles. The van der Waals surface area contributed by atoms with Gasteiger partial charge in [-0.25, -0.2) is 4.39 Å². The van der Waals surface area contributed by atoms with Crippen molar-refractivity contribution in [2.45, 2.75) is 18.9 Å². The van der Waals surface area contributed by atoms with Crippen molar-refractivity contribution in [1.82, 2.24) is 0 Å². The Morgan fingerprint density at radius 2 is 2.27 bits per heavy atom. The van der Waals surface area contributed by atoms with Gasteiger partial charge in [0, 0.05) is 18.9 Å². The van der Waals surface area contributed by atoms with E-state index in [0.29, 0.717) is 25.2 Å². The van der Waals surface area contributed by atoms with Crippen molar-refractivity contribution in [1.29, 1.82) is 0 Å². The third-order valence-corrected chi connectivity index (χ3v) is 2.90. The molecule has 0 bridgehead atoms. The molecule has 82 valence electrons. The van der Waals surface area contributed by atoms with Crippen molar-refractivity contribution in [3.63, 3.8) is 0 Å². The van der Waals surface area contributed by atoms with E-state index in [1.54, 1.807) is 18.2 Å². The molecule has 1 heterocycles. The monoisotopic (exact) mass is 210 g/mol. The maximum atomic E-state index is 13.3. The molecular formula is C12H15FO2. The van der Waals surface area contributed by atoms with Gasteiger partial charge in [0.2, 0.25) is 0 Å². The molecule has 1 fully saturated rings. The lowest BCUT2D eigenvalue weighted by atomic mass is 9.95. The van der Waals surface area contributed by atoms with Crippen LogP contribution in [0.15, 0.2) is 24.3 Å². The first-order chi connectivity index (χ1) is 7.27. The molecule has 0 amide bonds. The molecule has 0 saturated carbocycles. The van der Waals surface area contributed by atoms with Crippen LogP contribution >= 0.6 is 0 Å². The Kier molecular flexibility index (Phi) is 3.34. The molecule has 15 heavy (non-hydrogen) atoms. The van der Waals surface area contributed by atoms with Crippen LogP contribution in [0, 0.1) is 11.7 Å². The average Bonchev–Trinajstić information content (AvgIpc) is 2.74. The minimum Gasteiger partial charge on any atom is -0.392 e. The summed E-state index contributed by atoms with van der Waals surface area (Å²) in [4.78, 5) is 0. The summed E-state index contributed by atoms with van der Waals surface area (Å²) >= 11 is 0. The van der Waals surface area contributed by atoms with Gasteiger partial charge in [0.25, 0.3) is 0 Å². The van der Waals surface area contributed by atoms with Gasteiger partial charge in [-0.05, 0) is 18.1 Å². The summed E-state index contributed by atoms with van der Waals surface area (Å²) in [5, 5.41) is 9.88. The lowest BCUT2D eigenvalue weighted by Gasteiger charge is -2.16. The fraction of sp³-hybridized carbons (Fsp3) is 0.500. The number of rotatable bonds is 3. The van der Waals surface area contributed by atoms with E-state index in [0.717, 1.165) is 6.42 Å². The van der Waals surface area contributed by atoms with Crippen molar-refractivity contribution < 1.29 is 14.2 Å². The van der Waals surface area contributed by atoms with Crippen LogP contribution in [-0.4, -0.2) is 24.4 Å². The molecule has 0 radical (unpaired) electrons. The summed E-state index contributed by atoms with van der Waals surface area (Å²) in [6.07, 6.45) is 0.750. The Hall–Kier alpha value is -0.930. The molecule has 2 unspecified atom stereocenters. The molecule has 1 aliphatic heterocycles. The molecular weight excluding hydrogens is 195 g/mol. The van der Waals surface area contributed by atoms with E-state index < -0.39 is 6.10 Å². The third-order valence-electron chi connectivity index (χ3n) is 2.90. The largest absolute Gasteiger partial charge is 0.392 e. The van der Waals surface area contributed by atoms with Gasteiger partial charge in [-0.1, -0.05) is 18.2 Å². The lowest BCUT2D eigenvalue weighted by molar-refractivity contribution is 0.0912. The fourth-order valence-electron chi connectivity index (χ4n) is 1.91. The predicted molar refractivity (Wildman–Crippen MR) is 55.0 cm³/mol. The summed E-state index contributed by atoms with van der Waals surface area (Å²) in [5.41, 5.74) is 0.580. The highest BCUT2D eigenvalue weighted by Crippen LogP contribution is 2.20. The molecule has 1 aromatic rings. The zero-order chi connectivity index (χ0) is 10.7. The number of hydrogen-bond acceptors (Lipinski definition) is 2. The third kappa shape index (κ3) is 2.55. The molecule has 1 N–H and O–H groups in total. The zero-order valence-electron chi connectivity index (χ0n) is 8.53. The molecule has 0 spiro atoms. The summed E-state index contributed by atoms with van der Waals surface area (Å²) in [6, 6.07) is 6.59. The molecule has 1 aliphatic rings. The van der Waals surface area contributed by atoms with Crippen LogP contribution in [0.5, 0.6) is 0 Å². The van der Waals surface area contributed by atoms with Crippen molar-refractivity contribution in [2.24, 2.45) is 5.92 Å². The lowest BCUT2D eigenvalue weighted by Crippen LogP contribution is -2.23. The van der Waals surface area contributed by atoms with Crippen LogP contribution in [0.25, 0.3) is 0 Å². The van der Waals surface area contributed by atoms with Crippen molar-refractivity contribution in [3.05, 3.63) is 35.6 Å². The molecule has 1 saturated heterocycles. The molecule has 1 aromatic carbocycles. The quantitative estimate of drug-likeness (QED) is 0.823. The first-order valence-corrected chi connectivity index (χ1v) is 5.26. The van der Waals surface area contributed by atoms with Crippen molar-refractivity contribution >= 4 is 0 Å². The fourth-order valence-corrected chi connectivity index (χ4v) is 1.91. The van der Waals surface area contributed by atoms with Crippen LogP contribution in [0.2, 0.25) is 0 Å². The molecule has 2 nitrogen and oxygen atoms in total. The standard InChI is InChI=1S/C12H15FO2/c13-11-4-2-1-3-9(11)7-12(14)10-5-6-15-8-10/h1-4,10,12,14H,5-8H2. The normalized spacial score (nSPS) is 22.9. The molecule has 2 atom stereocenters. The van der Waals surface area contributed by atoms with E-state index in [4.69, 9.17) is 4.74 Å². The molecule has 2 rings (SSSR count). The average molecular weight is 210 g/mol. The Balaban J connectivity index is 1.99. The van der Waals surface area contributed by atoms with E-state index >= 15 is 0 Å². The maximum absolute atomic E-state index is 13.3. The summed E-state index contributed by atoms with van der Waals surface area (Å²) in [7, 11) is 0. The number of halogens is 1. The molecule has 3 heteroatoms. The van der Waals surface area contributed by atoms with Crippen LogP contribution in [0.3, 0.4) is 0 Å². The molecule has 0 aromatic heterocycles. The smallest absolute Gasteiger partial charge is 0.126 e. The Labute approximate surface area is 88.7 Å². The van der Waals surface area contributed by atoms with Crippen LogP contribution in [-0.2, 0) is 11.2 Å². The maximum Gasteiger partial charge on any atom is 0.126 e. The van der Waals surface area contributed by atoms with E-state index in [2.05, 4.69) is 0 Å². The van der Waals surface area contributed by atoms with Gasteiger partial charge >= 0.3 is 0 Å². The van der Waals surface area contributed by atoms with E-state index in [1.807, 2.05) is 0 Å². The highest BCUT2D eigenvalue weighted by molar-refractivity contribution is 5.18. The SMILES string of the molecule is OC(Cc1ccccc1F)C1CCOC1. The van der Waals surface area contributed by atoms with E-state index in [9.17, 15) is 9.50 Å². The number of hydrogen-bond donors (Lipinski definition) is 1. The number of benzene rings is 1. The Morgan fingerprint density at radius 3 is 2.93 bits per heavy atom. The topological polar surface area (TPSA) is 29.5 Å². The van der Waals surface area contributed by atoms with Gasteiger partial charge in [-0.2, -0.15) is 0 Å². The highest BCUT2D eigenvalue weighted by atomic mass is 19.1. The summed E-state index contributed by atoms with van der Waals surface area (Å²) in [6.45, 7) is 1.30. The predicted octanol–water partition coefficient (Wildman–Crippen LogP) is 1.77. The van der Waals surface area contributed by atoms with Gasteiger partial charge in [0.15, 0.2) is 0 Å². The first-order valence-electron chi connectivity index (χ1n) is 5.26. The number of ether oxygens (including phenoxy) is 1. The zero-order valence-corrected chi connectivity index (χ0v) is 8.53. The number of aliphatic hydroxyl groups is 1. The summed E-state index contributed by atoms with van der Waals surface area (Å²) in [5.74, 6) is -0.0833. The van der Waals surface area contributed by atoms with Gasteiger partial charge in [0.05, 0.1) is 12.7 Å². The highest BCUT2D eigenvalue weighted by Gasteiger charge is 2.24. The second-order valence-corrected chi connectivity index (χ2v) is 3.99. The van der Waals surface area contributed by atoms with E-state index in [-0.39, 0.29) is 11.7 Å². The van der Waals surface area contributed by atoms with Crippen LogP contribution in [0.4, 0.5) is 4.39 Å². The Bertz CT molecular complexity index is 321. The Morgan fingerprint density at radius 1 is 1.47 bits per heavy atom. The van der Waals surface area contributed by atoms with Crippen molar-refractivity contribution in [2.75, 3.05) is 13.2 Å². The van der Waals surface area contributed by atoms with E-state index in [1.165, 1.54) is 6.07 Å². The van der Waals surface area contributed by atoms with Gasteiger partial charge in [0.1, 0.15) is 5.82 Å². The van der Waals surface area contributed by atoms with Crippen LogP contribution in [0.1, 0.15) is 12.0 Å². The minimum absolute atomic E-state index is 0.157. The minimum atomic E-state index is -0.496. The van der Waals surface area contributed by atoms with Gasteiger partial charge in [-0.15, -0.1) is 0 Å². The van der Waals surface area contributed by atoms with Gasteiger partial charge in [-0.3, -0.25) is 0 Å².